The maximum absolute atomic E-state index is 10.9. The zero-order valence-electron chi connectivity index (χ0n) is 8.54. The fraction of sp³-hybridized carbons (Fsp3) is 0.636. The van der Waals surface area contributed by atoms with Crippen LogP contribution < -0.4 is 0 Å². The number of esters is 1. The van der Waals surface area contributed by atoms with Gasteiger partial charge in [0.15, 0.2) is 6.61 Å². The summed E-state index contributed by atoms with van der Waals surface area (Å²) in [5.74, 6) is 2.16. The third kappa shape index (κ3) is 8.79. The van der Waals surface area contributed by atoms with Crippen LogP contribution in [0.25, 0.3) is 0 Å². The zero-order chi connectivity index (χ0) is 10.8. The molecule has 0 rings (SSSR count). The van der Waals surface area contributed by atoms with Gasteiger partial charge in [-0.25, -0.2) is 0 Å². The molecule has 78 valence electrons. The van der Waals surface area contributed by atoms with E-state index in [0.29, 0.717) is 12.8 Å². The van der Waals surface area contributed by atoms with Crippen LogP contribution in [0.5, 0.6) is 0 Å². The molecule has 0 aliphatic carbocycles. The van der Waals surface area contributed by atoms with Gasteiger partial charge in [-0.2, -0.15) is 0 Å². The van der Waals surface area contributed by atoms with Crippen molar-refractivity contribution in [2.45, 2.75) is 39.0 Å². The molecule has 0 aromatic rings. The van der Waals surface area contributed by atoms with Crippen molar-refractivity contribution in [2.75, 3.05) is 6.61 Å². The van der Waals surface area contributed by atoms with Gasteiger partial charge in [-0.1, -0.05) is 12.3 Å². The molecule has 14 heavy (non-hydrogen) atoms. The van der Waals surface area contributed by atoms with E-state index < -0.39 is 0 Å². The van der Waals surface area contributed by atoms with Crippen LogP contribution in [0.2, 0.25) is 0 Å². The first-order valence-corrected chi connectivity index (χ1v) is 4.75. The Morgan fingerprint density at radius 1 is 1.21 bits per heavy atom. The smallest absolute Gasteiger partial charge is 0.306 e. The van der Waals surface area contributed by atoms with Gasteiger partial charge in [-0.3, -0.25) is 4.79 Å². The molecule has 3 nitrogen and oxygen atoms in total. The molecule has 0 unspecified atom stereocenters. The van der Waals surface area contributed by atoms with Crippen molar-refractivity contribution >= 4 is 11.8 Å². The molecule has 3 heteroatoms. The number of carbonyl (C=O) groups excluding carboxylic acids is 2. The van der Waals surface area contributed by atoms with Gasteiger partial charge in [0.2, 0.25) is 0 Å². The van der Waals surface area contributed by atoms with Gasteiger partial charge in [0, 0.05) is 12.8 Å². The summed E-state index contributed by atoms with van der Waals surface area (Å²) in [5.41, 5.74) is 0. The number of unbranched alkanes of at least 4 members (excludes halogenated alkanes) is 2. The average Bonchev–Trinajstić information content (AvgIpc) is 2.13. The maximum atomic E-state index is 10.9. The lowest BCUT2D eigenvalue weighted by Gasteiger charge is -2.00. The number of Topliss-reactive ketones (excluding diaryl/α,β-unsaturated/α-hetero) is 1. The predicted octanol–water partition coefficient (Wildman–Crippen LogP) is 1.70. The van der Waals surface area contributed by atoms with Crippen LogP contribution in [-0.2, 0) is 14.3 Å². The number of ketones is 1. The standard InChI is InChI=1S/C11H16O3/c1-3-9-14-11(13)8-6-4-5-7-10(2)12/h1H,4-9H2,2H3. The minimum absolute atomic E-state index is 0.0479. The van der Waals surface area contributed by atoms with Crippen LogP contribution in [0.1, 0.15) is 39.0 Å². The van der Waals surface area contributed by atoms with Gasteiger partial charge in [0.25, 0.3) is 0 Å². The third-order valence-electron chi connectivity index (χ3n) is 1.73. The van der Waals surface area contributed by atoms with Crippen LogP contribution in [0.15, 0.2) is 0 Å². The summed E-state index contributed by atoms with van der Waals surface area (Å²) in [5, 5.41) is 0. The highest BCUT2D eigenvalue weighted by atomic mass is 16.5. The van der Waals surface area contributed by atoms with Gasteiger partial charge >= 0.3 is 5.97 Å². The molecular weight excluding hydrogens is 180 g/mol. The Morgan fingerprint density at radius 3 is 2.43 bits per heavy atom. The molecule has 0 heterocycles. The van der Waals surface area contributed by atoms with Crippen molar-refractivity contribution in [2.24, 2.45) is 0 Å². The quantitative estimate of drug-likeness (QED) is 0.353. The predicted molar refractivity (Wildman–Crippen MR) is 53.6 cm³/mol. The number of rotatable bonds is 7. The van der Waals surface area contributed by atoms with Crippen molar-refractivity contribution in [1.82, 2.24) is 0 Å². The monoisotopic (exact) mass is 196 g/mol. The van der Waals surface area contributed by atoms with Crippen LogP contribution in [0.3, 0.4) is 0 Å². The second-order valence-electron chi connectivity index (χ2n) is 3.13. The van der Waals surface area contributed by atoms with E-state index in [1.807, 2.05) is 0 Å². The van der Waals surface area contributed by atoms with Crippen LogP contribution in [-0.4, -0.2) is 18.4 Å². The maximum Gasteiger partial charge on any atom is 0.306 e. The summed E-state index contributed by atoms with van der Waals surface area (Å²) in [6.45, 7) is 1.62. The first-order valence-electron chi connectivity index (χ1n) is 4.75. The highest BCUT2D eigenvalue weighted by molar-refractivity contribution is 5.75. The summed E-state index contributed by atoms with van der Waals surface area (Å²) in [4.78, 5) is 21.5. The fourth-order valence-electron chi connectivity index (χ4n) is 1.01. The topological polar surface area (TPSA) is 43.4 Å². The Bertz CT molecular complexity index is 225. The molecule has 0 aliphatic heterocycles. The summed E-state index contributed by atoms with van der Waals surface area (Å²) >= 11 is 0. The molecule has 0 fully saturated rings. The molecule has 0 atom stereocenters. The lowest BCUT2D eigenvalue weighted by molar-refractivity contribution is -0.142. The molecule has 0 aromatic heterocycles. The van der Waals surface area contributed by atoms with Crippen molar-refractivity contribution in [1.29, 1.82) is 0 Å². The van der Waals surface area contributed by atoms with E-state index in [9.17, 15) is 9.59 Å². The number of carbonyl (C=O) groups is 2. The Morgan fingerprint density at radius 2 is 1.86 bits per heavy atom. The lowest BCUT2D eigenvalue weighted by Crippen LogP contribution is -2.04. The SMILES string of the molecule is C#CCOC(=O)CCCCCC(C)=O. The molecule has 0 spiro atoms. The molecule has 0 aliphatic rings. The van der Waals surface area contributed by atoms with E-state index in [1.54, 1.807) is 6.92 Å². The minimum Gasteiger partial charge on any atom is -0.452 e. The second-order valence-corrected chi connectivity index (χ2v) is 3.13. The summed E-state index contributed by atoms with van der Waals surface area (Å²) in [7, 11) is 0. The largest absolute Gasteiger partial charge is 0.452 e. The summed E-state index contributed by atoms with van der Waals surface area (Å²) in [6, 6.07) is 0. The first kappa shape index (κ1) is 12.7. The van der Waals surface area contributed by atoms with E-state index in [2.05, 4.69) is 10.7 Å². The van der Waals surface area contributed by atoms with E-state index in [1.165, 1.54) is 0 Å². The molecule has 0 saturated carbocycles. The van der Waals surface area contributed by atoms with Crippen molar-refractivity contribution in [3.8, 4) is 12.3 Å². The normalized spacial score (nSPS) is 9.14. The Balaban J connectivity index is 3.24. The summed E-state index contributed by atoms with van der Waals surface area (Å²) in [6.07, 6.45) is 8.39. The van der Waals surface area contributed by atoms with Crippen molar-refractivity contribution in [3.05, 3.63) is 0 Å². The molecule has 0 amide bonds. The number of hydrogen-bond donors (Lipinski definition) is 0. The Labute approximate surface area is 84.8 Å². The van der Waals surface area contributed by atoms with Crippen molar-refractivity contribution in [3.63, 3.8) is 0 Å². The fourth-order valence-corrected chi connectivity index (χ4v) is 1.01. The second kappa shape index (κ2) is 8.31. The van der Waals surface area contributed by atoms with Gasteiger partial charge in [0.05, 0.1) is 0 Å². The number of ether oxygens (including phenoxy) is 1. The summed E-state index contributed by atoms with van der Waals surface area (Å²) < 4.78 is 4.68. The van der Waals surface area contributed by atoms with Gasteiger partial charge in [-0.05, 0) is 19.8 Å². The molecule has 0 saturated heterocycles. The van der Waals surface area contributed by atoms with Crippen LogP contribution >= 0.6 is 0 Å². The first-order chi connectivity index (χ1) is 6.66. The highest BCUT2D eigenvalue weighted by Crippen LogP contribution is 2.04. The van der Waals surface area contributed by atoms with Crippen molar-refractivity contribution < 1.29 is 14.3 Å². The lowest BCUT2D eigenvalue weighted by atomic mass is 10.1. The molecule has 0 aromatic carbocycles. The average molecular weight is 196 g/mol. The third-order valence-corrected chi connectivity index (χ3v) is 1.73. The van der Waals surface area contributed by atoms with Gasteiger partial charge < -0.3 is 9.53 Å². The molecular formula is C11H16O3. The molecule has 0 radical (unpaired) electrons. The van der Waals surface area contributed by atoms with Crippen LogP contribution in [0.4, 0.5) is 0 Å². The number of hydrogen-bond acceptors (Lipinski definition) is 3. The van der Waals surface area contributed by atoms with E-state index in [-0.39, 0.29) is 18.4 Å². The molecule has 0 N–H and O–H groups in total. The van der Waals surface area contributed by atoms with E-state index in [0.717, 1.165) is 19.3 Å². The van der Waals surface area contributed by atoms with Crippen LogP contribution in [0, 0.1) is 12.3 Å². The molecule has 0 bridgehead atoms. The van der Waals surface area contributed by atoms with E-state index in [4.69, 9.17) is 6.42 Å². The Kier molecular flexibility index (Phi) is 7.53. The van der Waals surface area contributed by atoms with Gasteiger partial charge in [-0.15, -0.1) is 6.42 Å². The number of terminal acetylenes is 1. The Hall–Kier alpha value is -1.30. The zero-order valence-corrected chi connectivity index (χ0v) is 8.54. The van der Waals surface area contributed by atoms with E-state index >= 15 is 0 Å². The minimum atomic E-state index is -0.259. The van der Waals surface area contributed by atoms with Gasteiger partial charge in [0.1, 0.15) is 5.78 Å². The highest BCUT2D eigenvalue weighted by Gasteiger charge is 2.01.